The van der Waals surface area contributed by atoms with Gasteiger partial charge in [0.2, 0.25) is 5.82 Å². The summed E-state index contributed by atoms with van der Waals surface area (Å²) in [6, 6.07) is 2.71. The van der Waals surface area contributed by atoms with E-state index < -0.39 is 10.5 Å². The molecule has 1 aliphatic rings. The maximum atomic E-state index is 10.9. The Bertz CT molecular complexity index is 508. The minimum atomic E-state index is -0.835. The molecule has 20 heavy (non-hydrogen) atoms. The van der Waals surface area contributed by atoms with Crippen molar-refractivity contribution in [2.24, 2.45) is 5.92 Å². The summed E-state index contributed by atoms with van der Waals surface area (Å²) in [7, 11) is 0. The lowest BCUT2D eigenvalue weighted by Gasteiger charge is -2.35. The molecule has 110 valence electrons. The second kappa shape index (κ2) is 5.62. The maximum Gasteiger partial charge on any atom is 0.311 e. The van der Waals surface area contributed by atoms with Crippen LogP contribution >= 0.6 is 0 Å². The largest absolute Gasteiger partial charge is 0.388 e. The predicted molar refractivity (Wildman–Crippen MR) is 76.4 cm³/mol. The molecule has 2 atom stereocenters. The zero-order valence-corrected chi connectivity index (χ0v) is 11.5. The number of hydrogen-bond donors (Lipinski definition) is 3. The van der Waals surface area contributed by atoms with Crippen LogP contribution in [0.4, 0.5) is 17.3 Å². The molecule has 7 heteroatoms. The van der Waals surface area contributed by atoms with Crippen LogP contribution in [0.5, 0.6) is 0 Å². The van der Waals surface area contributed by atoms with Gasteiger partial charge in [-0.2, -0.15) is 0 Å². The van der Waals surface area contributed by atoms with Crippen LogP contribution < -0.4 is 11.1 Å². The van der Waals surface area contributed by atoms with Crippen LogP contribution in [0.15, 0.2) is 12.1 Å². The number of anilines is 2. The Morgan fingerprint density at radius 1 is 1.65 bits per heavy atom. The average Bonchev–Trinajstić information content (AvgIpc) is 2.36. The number of rotatable bonds is 4. The Hall–Kier alpha value is -1.89. The monoisotopic (exact) mass is 280 g/mol. The number of nitrogens with zero attached hydrogens (tertiary/aromatic N) is 2. The summed E-state index contributed by atoms with van der Waals surface area (Å²) >= 11 is 0. The van der Waals surface area contributed by atoms with Crippen molar-refractivity contribution in [3.05, 3.63) is 22.2 Å². The molecule has 4 N–H and O–H groups in total. The first-order chi connectivity index (χ1) is 9.39. The number of nitrogen functional groups attached to an aromatic ring is 1. The van der Waals surface area contributed by atoms with Crippen molar-refractivity contribution < 1.29 is 10.0 Å². The summed E-state index contributed by atoms with van der Waals surface area (Å²) in [5, 5.41) is 24.3. The fourth-order valence-electron chi connectivity index (χ4n) is 2.79. The summed E-state index contributed by atoms with van der Waals surface area (Å²) in [5.74, 6) is 0.781. The van der Waals surface area contributed by atoms with Crippen LogP contribution in [0.3, 0.4) is 0 Å². The highest BCUT2D eigenvalue weighted by Crippen LogP contribution is 2.33. The molecule has 2 unspecified atom stereocenters. The van der Waals surface area contributed by atoms with E-state index in [0.717, 1.165) is 12.8 Å². The lowest BCUT2D eigenvalue weighted by molar-refractivity contribution is -0.384. The van der Waals surface area contributed by atoms with Crippen LogP contribution in [0, 0.1) is 16.0 Å². The molecule has 1 heterocycles. The Morgan fingerprint density at radius 3 is 3.05 bits per heavy atom. The highest BCUT2D eigenvalue weighted by Gasteiger charge is 2.33. The normalized spacial score (nSPS) is 26.2. The minimum absolute atomic E-state index is 0.113. The molecule has 2 rings (SSSR count). The van der Waals surface area contributed by atoms with E-state index in [-0.39, 0.29) is 23.9 Å². The molecule has 0 saturated heterocycles. The Labute approximate surface area is 117 Å². The number of nitrogens with two attached hydrogens (primary N) is 1. The van der Waals surface area contributed by atoms with Gasteiger partial charge >= 0.3 is 5.69 Å². The van der Waals surface area contributed by atoms with E-state index >= 15 is 0 Å². The van der Waals surface area contributed by atoms with Crippen molar-refractivity contribution >= 4 is 17.3 Å². The molecule has 1 fully saturated rings. The van der Waals surface area contributed by atoms with Gasteiger partial charge < -0.3 is 16.2 Å². The first-order valence-corrected chi connectivity index (χ1v) is 6.77. The van der Waals surface area contributed by atoms with Crippen molar-refractivity contribution in [3.63, 3.8) is 0 Å². The highest BCUT2D eigenvalue weighted by atomic mass is 16.6. The third kappa shape index (κ3) is 3.36. The van der Waals surface area contributed by atoms with Gasteiger partial charge in [0.1, 0.15) is 5.82 Å². The van der Waals surface area contributed by atoms with Gasteiger partial charge in [-0.3, -0.25) is 10.1 Å². The first kappa shape index (κ1) is 14.5. The van der Waals surface area contributed by atoms with Crippen LogP contribution in [0.2, 0.25) is 0 Å². The fraction of sp³-hybridized carbons (Fsp3) is 0.615. The molecule has 7 nitrogen and oxygen atoms in total. The maximum absolute atomic E-state index is 10.9. The van der Waals surface area contributed by atoms with Crippen LogP contribution in [0.25, 0.3) is 0 Å². The van der Waals surface area contributed by atoms with Crippen molar-refractivity contribution in [1.82, 2.24) is 4.98 Å². The average molecular weight is 280 g/mol. The topological polar surface area (TPSA) is 114 Å². The number of aromatic nitrogens is 1. The third-order valence-corrected chi connectivity index (χ3v) is 3.74. The fourth-order valence-corrected chi connectivity index (χ4v) is 2.79. The lowest BCUT2D eigenvalue weighted by atomic mass is 9.79. The quantitative estimate of drug-likeness (QED) is 0.573. The Morgan fingerprint density at radius 2 is 2.40 bits per heavy atom. The number of hydrogen-bond acceptors (Lipinski definition) is 6. The van der Waals surface area contributed by atoms with Gasteiger partial charge in [0, 0.05) is 12.6 Å². The van der Waals surface area contributed by atoms with Crippen LogP contribution in [-0.4, -0.2) is 27.2 Å². The molecule has 0 aliphatic heterocycles. The molecule has 0 bridgehead atoms. The van der Waals surface area contributed by atoms with Gasteiger partial charge in [-0.05, 0) is 24.8 Å². The zero-order chi connectivity index (χ0) is 14.8. The minimum Gasteiger partial charge on any atom is -0.388 e. The molecule has 0 aromatic carbocycles. The Balaban J connectivity index is 2.10. The van der Waals surface area contributed by atoms with Gasteiger partial charge in [-0.25, -0.2) is 4.98 Å². The summed E-state index contributed by atoms with van der Waals surface area (Å²) in [6.45, 7) is 2.35. The smallest absolute Gasteiger partial charge is 0.311 e. The van der Waals surface area contributed by atoms with E-state index in [9.17, 15) is 15.2 Å². The summed E-state index contributed by atoms with van der Waals surface area (Å²) in [4.78, 5) is 14.4. The van der Waals surface area contributed by atoms with Crippen molar-refractivity contribution in [1.29, 1.82) is 0 Å². The predicted octanol–water partition coefficient (Wildman–Crippen LogP) is 1.93. The third-order valence-electron chi connectivity index (χ3n) is 3.74. The molecular weight excluding hydrogens is 260 g/mol. The molecule has 1 saturated carbocycles. The summed E-state index contributed by atoms with van der Waals surface area (Å²) < 4.78 is 0. The van der Waals surface area contributed by atoms with E-state index in [0.29, 0.717) is 18.8 Å². The van der Waals surface area contributed by atoms with Gasteiger partial charge in [0.05, 0.1) is 10.5 Å². The molecule has 0 radical (unpaired) electrons. The number of aliphatic hydroxyl groups is 1. The van der Waals surface area contributed by atoms with Gasteiger partial charge in [0.25, 0.3) is 0 Å². The number of nitrogens with one attached hydrogen (secondary N) is 1. The summed E-state index contributed by atoms with van der Waals surface area (Å²) in [5.41, 5.74) is 4.59. The van der Waals surface area contributed by atoms with E-state index in [2.05, 4.69) is 17.2 Å². The van der Waals surface area contributed by atoms with Gasteiger partial charge in [0.15, 0.2) is 0 Å². The molecule has 0 spiro atoms. The highest BCUT2D eigenvalue weighted by molar-refractivity contribution is 5.59. The van der Waals surface area contributed by atoms with Crippen molar-refractivity contribution in [2.75, 3.05) is 17.6 Å². The van der Waals surface area contributed by atoms with Crippen LogP contribution in [-0.2, 0) is 0 Å². The summed E-state index contributed by atoms with van der Waals surface area (Å²) in [6.07, 6.45) is 3.46. The van der Waals surface area contributed by atoms with Crippen molar-refractivity contribution in [2.45, 2.75) is 38.2 Å². The number of nitro groups is 1. The molecule has 1 aromatic heterocycles. The standard InChI is InChI=1S/C13H20N4O3/c1-9-3-2-6-13(18,7-9)8-15-12-10(17(19)20)4-5-11(14)16-12/h4-5,9,18H,2-3,6-8H2,1H3,(H3,14,15,16). The van der Waals surface area contributed by atoms with Gasteiger partial charge in [-0.1, -0.05) is 19.8 Å². The second-order valence-electron chi connectivity index (χ2n) is 5.64. The molecule has 1 aromatic rings. The van der Waals surface area contributed by atoms with Crippen molar-refractivity contribution in [3.8, 4) is 0 Å². The lowest BCUT2D eigenvalue weighted by Crippen LogP contribution is -2.41. The molecule has 0 amide bonds. The number of pyridine rings is 1. The van der Waals surface area contributed by atoms with E-state index in [1.54, 1.807) is 0 Å². The Kier molecular flexibility index (Phi) is 4.08. The van der Waals surface area contributed by atoms with E-state index in [1.165, 1.54) is 12.1 Å². The van der Waals surface area contributed by atoms with Crippen LogP contribution in [0.1, 0.15) is 32.6 Å². The first-order valence-electron chi connectivity index (χ1n) is 6.77. The van der Waals surface area contributed by atoms with E-state index in [4.69, 9.17) is 5.73 Å². The van der Waals surface area contributed by atoms with Gasteiger partial charge in [-0.15, -0.1) is 0 Å². The van der Waals surface area contributed by atoms with E-state index in [1.807, 2.05) is 0 Å². The molecular formula is C13H20N4O3. The zero-order valence-electron chi connectivity index (χ0n) is 11.5. The molecule has 1 aliphatic carbocycles. The second-order valence-corrected chi connectivity index (χ2v) is 5.64. The SMILES string of the molecule is CC1CCCC(O)(CNc2nc(N)ccc2[N+](=O)[O-])C1.